The second-order valence-corrected chi connectivity index (χ2v) is 7.72. The summed E-state index contributed by atoms with van der Waals surface area (Å²) in [4.78, 5) is 7.59. The molecule has 2 saturated heterocycles. The second kappa shape index (κ2) is 10.3. The number of aryl methyl sites for hydroxylation is 1. The van der Waals surface area contributed by atoms with Crippen LogP contribution in [0.15, 0.2) is 18.2 Å². The van der Waals surface area contributed by atoms with Crippen molar-refractivity contribution >= 4 is 0 Å². The van der Waals surface area contributed by atoms with Gasteiger partial charge in [0.1, 0.15) is 0 Å². The van der Waals surface area contributed by atoms with Crippen LogP contribution in [0.5, 0.6) is 0 Å². The van der Waals surface area contributed by atoms with Gasteiger partial charge in [-0.1, -0.05) is 38.5 Å². The average Bonchev–Trinajstić information content (AvgIpc) is 3.06. The molecule has 1 aromatic rings. The van der Waals surface area contributed by atoms with Crippen LogP contribution in [0, 0.1) is 6.92 Å². The van der Waals surface area contributed by atoms with Gasteiger partial charge in [-0.3, -0.25) is 9.80 Å². The first-order valence-corrected chi connectivity index (χ1v) is 10.3. The lowest BCUT2D eigenvalue weighted by Gasteiger charge is -2.27. The van der Waals surface area contributed by atoms with Gasteiger partial charge in [0, 0.05) is 25.7 Å². The molecule has 1 aromatic carbocycles. The van der Waals surface area contributed by atoms with Crippen LogP contribution >= 0.6 is 0 Å². The predicted octanol–water partition coefficient (Wildman–Crippen LogP) is 4.14. The van der Waals surface area contributed by atoms with Crippen LogP contribution in [0.3, 0.4) is 0 Å². The summed E-state index contributed by atoms with van der Waals surface area (Å²) in [5.41, 5.74) is 4.43. The van der Waals surface area contributed by atoms with E-state index in [1.807, 2.05) is 13.8 Å². The zero-order valence-electron chi connectivity index (χ0n) is 17.2. The van der Waals surface area contributed by atoms with Crippen molar-refractivity contribution in [2.75, 3.05) is 40.3 Å². The normalized spacial score (nSPS) is 22.1. The average molecular weight is 346 g/mol. The third-order valence-electron chi connectivity index (χ3n) is 5.67. The van der Waals surface area contributed by atoms with Crippen LogP contribution in [0.1, 0.15) is 56.2 Å². The van der Waals surface area contributed by atoms with Crippen molar-refractivity contribution in [3.8, 4) is 0 Å². The van der Waals surface area contributed by atoms with Crippen LogP contribution < -0.4 is 0 Å². The van der Waals surface area contributed by atoms with Crippen LogP contribution in [0.25, 0.3) is 0 Å². The minimum atomic E-state index is 0.715. The summed E-state index contributed by atoms with van der Waals surface area (Å²) in [7, 11) is 4.51. The second-order valence-electron chi connectivity index (χ2n) is 7.72. The lowest BCUT2D eigenvalue weighted by Crippen LogP contribution is -2.33. The minimum Gasteiger partial charge on any atom is -0.305 e. The number of piperidine rings is 1. The van der Waals surface area contributed by atoms with Crippen LogP contribution in [0.2, 0.25) is 0 Å². The van der Waals surface area contributed by atoms with E-state index in [2.05, 4.69) is 53.9 Å². The van der Waals surface area contributed by atoms with Gasteiger partial charge in [-0.15, -0.1) is 0 Å². The molecule has 2 aliphatic heterocycles. The predicted molar refractivity (Wildman–Crippen MR) is 109 cm³/mol. The highest BCUT2D eigenvalue weighted by atomic mass is 15.2. The third-order valence-corrected chi connectivity index (χ3v) is 5.67. The molecule has 142 valence electrons. The molecule has 0 bridgehead atoms. The number of likely N-dealkylation sites (tertiary alicyclic amines) is 2. The van der Waals surface area contributed by atoms with Gasteiger partial charge >= 0.3 is 0 Å². The molecule has 0 radical (unpaired) electrons. The molecule has 0 aromatic heterocycles. The molecule has 0 N–H and O–H groups in total. The molecule has 0 saturated carbocycles. The van der Waals surface area contributed by atoms with Crippen molar-refractivity contribution in [2.45, 2.75) is 65.6 Å². The van der Waals surface area contributed by atoms with Gasteiger partial charge in [0.15, 0.2) is 0 Å². The van der Waals surface area contributed by atoms with E-state index in [1.165, 1.54) is 68.6 Å². The lowest BCUT2D eigenvalue weighted by atomic mass is 10.0. The minimum absolute atomic E-state index is 0.715. The molecule has 3 rings (SSSR count). The van der Waals surface area contributed by atoms with E-state index in [1.54, 1.807) is 0 Å². The Labute approximate surface area is 156 Å². The number of hydrogen-bond acceptors (Lipinski definition) is 3. The van der Waals surface area contributed by atoms with Crippen LogP contribution in [0.4, 0.5) is 0 Å². The van der Waals surface area contributed by atoms with Gasteiger partial charge in [-0.25, -0.2) is 0 Å². The molecule has 0 aliphatic carbocycles. The van der Waals surface area contributed by atoms with Crippen LogP contribution in [-0.4, -0.2) is 61.0 Å². The monoisotopic (exact) mass is 345 g/mol. The molecule has 1 unspecified atom stereocenters. The van der Waals surface area contributed by atoms with E-state index in [-0.39, 0.29) is 0 Å². The Balaban J connectivity index is 0.00000109. The summed E-state index contributed by atoms with van der Waals surface area (Å²) in [6.07, 6.45) is 5.46. The standard InChI is InChI=1S/C20H33N3.C2H6/c1-17-13-18(14-23-10-5-4-6-11-23)7-8-19(17)15-22(3)20-9-12-21(2)16-20;1-2/h7-8,13,20H,4-6,9-12,14-16H2,1-3H3;1-2H3. The molecular formula is C22H39N3. The molecule has 1 atom stereocenters. The van der Waals surface area contributed by atoms with E-state index >= 15 is 0 Å². The Hall–Kier alpha value is -0.900. The van der Waals surface area contributed by atoms with E-state index < -0.39 is 0 Å². The molecule has 0 spiro atoms. The molecule has 3 heteroatoms. The zero-order chi connectivity index (χ0) is 18.2. The maximum absolute atomic E-state index is 2.61. The van der Waals surface area contributed by atoms with Gasteiger partial charge < -0.3 is 4.90 Å². The summed E-state index contributed by atoms with van der Waals surface area (Å²) < 4.78 is 0. The Kier molecular flexibility index (Phi) is 8.41. The van der Waals surface area contributed by atoms with Crippen molar-refractivity contribution in [1.82, 2.24) is 14.7 Å². The Morgan fingerprint density at radius 1 is 1.08 bits per heavy atom. The first-order valence-electron chi connectivity index (χ1n) is 10.3. The molecule has 2 heterocycles. The van der Waals surface area contributed by atoms with Gasteiger partial charge in [-0.05, 0) is 76.6 Å². The highest BCUT2D eigenvalue weighted by Gasteiger charge is 2.23. The number of benzene rings is 1. The third kappa shape index (κ3) is 6.09. The van der Waals surface area contributed by atoms with Gasteiger partial charge in [0.25, 0.3) is 0 Å². The summed E-state index contributed by atoms with van der Waals surface area (Å²) >= 11 is 0. The van der Waals surface area contributed by atoms with E-state index in [9.17, 15) is 0 Å². The topological polar surface area (TPSA) is 9.72 Å². The molecular weight excluding hydrogens is 306 g/mol. The highest BCUT2D eigenvalue weighted by Crippen LogP contribution is 2.20. The fourth-order valence-corrected chi connectivity index (χ4v) is 4.08. The van der Waals surface area contributed by atoms with Crippen molar-refractivity contribution < 1.29 is 0 Å². The summed E-state index contributed by atoms with van der Waals surface area (Å²) in [6, 6.07) is 7.85. The summed E-state index contributed by atoms with van der Waals surface area (Å²) in [5, 5.41) is 0. The van der Waals surface area contributed by atoms with Gasteiger partial charge in [0.2, 0.25) is 0 Å². The fourth-order valence-electron chi connectivity index (χ4n) is 4.08. The van der Waals surface area contributed by atoms with Crippen molar-refractivity contribution in [1.29, 1.82) is 0 Å². The first kappa shape index (κ1) is 20.4. The first-order chi connectivity index (χ1) is 12.1. The van der Waals surface area contributed by atoms with Gasteiger partial charge in [0.05, 0.1) is 0 Å². The smallest absolute Gasteiger partial charge is 0.0236 e. The molecule has 25 heavy (non-hydrogen) atoms. The maximum Gasteiger partial charge on any atom is 0.0236 e. The molecule has 2 aliphatic rings. The van der Waals surface area contributed by atoms with Crippen LogP contribution in [-0.2, 0) is 13.1 Å². The van der Waals surface area contributed by atoms with E-state index in [0.29, 0.717) is 6.04 Å². The van der Waals surface area contributed by atoms with E-state index in [4.69, 9.17) is 0 Å². The Morgan fingerprint density at radius 2 is 1.80 bits per heavy atom. The number of rotatable bonds is 5. The molecule has 0 amide bonds. The maximum atomic E-state index is 2.61. The highest BCUT2D eigenvalue weighted by molar-refractivity contribution is 5.31. The Morgan fingerprint density at radius 3 is 2.40 bits per heavy atom. The molecule has 2 fully saturated rings. The SMILES string of the molecule is CC.Cc1cc(CN2CCCCC2)ccc1CN(C)C1CCN(C)C1. The fraction of sp³-hybridized carbons (Fsp3) is 0.727. The number of hydrogen-bond donors (Lipinski definition) is 0. The van der Waals surface area contributed by atoms with Crippen molar-refractivity contribution in [3.05, 3.63) is 34.9 Å². The van der Waals surface area contributed by atoms with Crippen molar-refractivity contribution in [2.24, 2.45) is 0 Å². The largest absolute Gasteiger partial charge is 0.305 e. The Bertz CT molecular complexity index is 508. The zero-order valence-corrected chi connectivity index (χ0v) is 17.2. The lowest BCUT2D eigenvalue weighted by molar-refractivity contribution is 0.220. The summed E-state index contributed by atoms with van der Waals surface area (Å²) in [5.74, 6) is 0. The van der Waals surface area contributed by atoms with E-state index in [0.717, 1.165) is 13.1 Å². The van der Waals surface area contributed by atoms with Gasteiger partial charge in [-0.2, -0.15) is 0 Å². The summed E-state index contributed by atoms with van der Waals surface area (Å²) in [6.45, 7) is 13.5. The van der Waals surface area contributed by atoms with Crippen molar-refractivity contribution in [3.63, 3.8) is 0 Å². The molecule has 3 nitrogen and oxygen atoms in total. The number of likely N-dealkylation sites (N-methyl/N-ethyl adjacent to an activating group) is 2. The number of nitrogens with zero attached hydrogens (tertiary/aromatic N) is 3. The quantitative estimate of drug-likeness (QED) is 0.794.